The third kappa shape index (κ3) is 5.06. The second kappa shape index (κ2) is 9.93. The molecule has 1 aliphatic rings. The van der Waals surface area contributed by atoms with Crippen LogP contribution in [0.2, 0.25) is 0 Å². The van der Waals surface area contributed by atoms with Crippen LogP contribution in [0.4, 0.5) is 5.00 Å². The summed E-state index contributed by atoms with van der Waals surface area (Å²) < 4.78 is 2.03. The van der Waals surface area contributed by atoms with Gasteiger partial charge >= 0.3 is 0 Å². The molecule has 2 heterocycles. The van der Waals surface area contributed by atoms with E-state index in [0.717, 1.165) is 36.2 Å². The molecular formula is C26H31N5OS2. The van der Waals surface area contributed by atoms with Crippen LogP contribution in [0.25, 0.3) is 11.4 Å². The summed E-state index contributed by atoms with van der Waals surface area (Å²) in [4.78, 5) is 14.1. The predicted octanol–water partition coefficient (Wildman–Crippen LogP) is 6.09. The Morgan fingerprint density at radius 3 is 2.68 bits per heavy atom. The highest BCUT2D eigenvalue weighted by Gasteiger charge is 2.32. The number of fused-ring (bicyclic) bond motifs is 1. The third-order valence-electron chi connectivity index (χ3n) is 6.53. The van der Waals surface area contributed by atoms with Gasteiger partial charge in [-0.15, -0.1) is 21.5 Å². The van der Waals surface area contributed by atoms with Crippen LogP contribution in [0.1, 0.15) is 55.7 Å². The zero-order valence-corrected chi connectivity index (χ0v) is 22.1. The third-order valence-corrected chi connectivity index (χ3v) is 8.67. The summed E-state index contributed by atoms with van der Waals surface area (Å²) >= 11 is 2.94. The number of anilines is 1. The molecule has 0 fully saturated rings. The summed E-state index contributed by atoms with van der Waals surface area (Å²) in [5.74, 6) is 1.48. The number of carbonyl (C=O) groups excluding carboxylic acids is 1. The Morgan fingerprint density at radius 1 is 1.29 bits per heavy atom. The molecule has 4 rings (SSSR count). The fourth-order valence-electron chi connectivity index (χ4n) is 4.42. The molecule has 0 radical (unpaired) electrons. The highest BCUT2D eigenvalue weighted by Crippen LogP contribution is 2.44. The Hall–Kier alpha value is -2.63. The second-order valence-corrected chi connectivity index (χ2v) is 11.9. The van der Waals surface area contributed by atoms with E-state index in [-0.39, 0.29) is 17.1 Å². The van der Waals surface area contributed by atoms with Gasteiger partial charge in [0.2, 0.25) is 5.91 Å². The molecule has 8 heteroatoms. The van der Waals surface area contributed by atoms with Crippen molar-refractivity contribution >= 4 is 34.0 Å². The van der Waals surface area contributed by atoms with E-state index >= 15 is 0 Å². The highest BCUT2D eigenvalue weighted by atomic mass is 32.2. The standard InChI is InChI=1S/C26H31N5OS2/c1-6-31-23(17-9-7-16(2)8-10-17)29-30-25(31)33-15-22(32)28-24-20(14-27)19-12-11-18(26(3,4)5)13-21(19)34-24/h7-10,18H,6,11-13,15H2,1-5H3,(H,28,32)/t18-/m1/s1. The van der Waals surface area contributed by atoms with Gasteiger partial charge in [-0.05, 0) is 50.0 Å². The first-order chi connectivity index (χ1) is 16.2. The smallest absolute Gasteiger partial charge is 0.235 e. The minimum atomic E-state index is -0.130. The molecule has 1 amide bonds. The molecule has 6 nitrogen and oxygen atoms in total. The molecular weight excluding hydrogens is 462 g/mol. The Morgan fingerprint density at radius 2 is 2.03 bits per heavy atom. The van der Waals surface area contributed by atoms with Crippen LogP contribution in [-0.2, 0) is 24.2 Å². The van der Waals surface area contributed by atoms with E-state index in [1.54, 1.807) is 11.3 Å². The van der Waals surface area contributed by atoms with Crippen molar-refractivity contribution in [3.8, 4) is 17.5 Å². The molecule has 1 aliphatic carbocycles. The molecule has 0 bridgehead atoms. The first kappa shape index (κ1) is 24.5. The lowest BCUT2D eigenvalue weighted by Crippen LogP contribution is -2.26. The number of aromatic nitrogens is 3. The number of hydrogen-bond donors (Lipinski definition) is 1. The van der Waals surface area contributed by atoms with E-state index in [1.165, 1.54) is 22.2 Å². The maximum atomic E-state index is 12.8. The molecule has 0 saturated carbocycles. The minimum Gasteiger partial charge on any atom is -0.316 e. The van der Waals surface area contributed by atoms with E-state index < -0.39 is 0 Å². The number of thiophene rings is 1. The van der Waals surface area contributed by atoms with Crippen molar-refractivity contribution in [1.82, 2.24) is 14.8 Å². The summed E-state index contributed by atoms with van der Waals surface area (Å²) in [6, 6.07) is 10.5. The zero-order valence-electron chi connectivity index (χ0n) is 20.4. The Bertz CT molecular complexity index is 1230. The normalized spacial score (nSPS) is 15.6. The van der Waals surface area contributed by atoms with Gasteiger partial charge in [-0.3, -0.25) is 4.79 Å². The van der Waals surface area contributed by atoms with Crippen molar-refractivity contribution in [3.63, 3.8) is 0 Å². The van der Waals surface area contributed by atoms with Gasteiger partial charge < -0.3 is 9.88 Å². The van der Waals surface area contributed by atoms with Crippen LogP contribution in [-0.4, -0.2) is 26.4 Å². The lowest BCUT2D eigenvalue weighted by molar-refractivity contribution is -0.113. The topological polar surface area (TPSA) is 83.6 Å². The Balaban J connectivity index is 1.45. The number of amides is 1. The van der Waals surface area contributed by atoms with Gasteiger partial charge in [-0.2, -0.15) is 5.26 Å². The van der Waals surface area contributed by atoms with Crippen LogP contribution >= 0.6 is 23.1 Å². The molecule has 0 aliphatic heterocycles. The molecule has 0 spiro atoms. The van der Waals surface area contributed by atoms with Crippen molar-refractivity contribution in [1.29, 1.82) is 5.26 Å². The van der Waals surface area contributed by atoms with Crippen LogP contribution in [0.15, 0.2) is 29.4 Å². The lowest BCUT2D eigenvalue weighted by Gasteiger charge is -2.33. The fourth-order valence-corrected chi connectivity index (χ4v) is 6.52. The number of nitrogens with one attached hydrogen (secondary N) is 1. The number of hydrogen-bond acceptors (Lipinski definition) is 6. The monoisotopic (exact) mass is 493 g/mol. The van der Waals surface area contributed by atoms with Crippen LogP contribution in [0.5, 0.6) is 0 Å². The minimum absolute atomic E-state index is 0.130. The summed E-state index contributed by atoms with van der Waals surface area (Å²) in [6.07, 6.45) is 2.97. The van der Waals surface area contributed by atoms with Gasteiger partial charge in [0.1, 0.15) is 11.1 Å². The van der Waals surface area contributed by atoms with Gasteiger partial charge in [-0.1, -0.05) is 62.4 Å². The van der Waals surface area contributed by atoms with Gasteiger partial charge in [0, 0.05) is 17.0 Å². The first-order valence-electron chi connectivity index (χ1n) is 11.7. The number of aryl methyl sites for hydroxylation is 1. The zero-order chi connectivity index (χ0) is 24.5. The van der Waals surface area contributed by atoms with E-state index in [4.69, 9.17) is 0 Å². The number of carbonyl (C=O) groups is 1. The van der Waals surface area contributed by atoms with Gasteiger partial charge in [-0.25, -0.2) is 0 Å². The lowest BCUT2D eigenvalue weighted by atomic mass is 9.72. The molecule has 1 atom stereocenters. The van der Waals surface area contributed by atoms with Crippen molar-refractivity contribution in [2.45, 2.75) is 65.6 Å². The molecule has 0 unspecified atom stereocenters. The molecule has 1 N–H and O–H groups in total. The largest absolute Gasteiger partial charge is 0.316 e. The number of benzene rings is 1. The van der Waals surface area contributed by atoms with Crippen molar-refractivity contribution in [2.75, 3.05) is 11.1 Å². The SMILES string of the molecule is CCn1c(SCC(=O)Nc2sc3c(c2C#N)CC[C@@H](C(C)(C)C)C3)nnc1-c1ccc(C)cc1. The summed E-state index contributed by atoms with van der Waals surface area (Å²) in [7, 11) is 0. The van der Waals surface area contributed by atoms with Gasteiger partial charge in [0.25, 0.3) is 0 Å². The van der Waals surface area contributed by atoms with Crippen molar-refractivity contribution < 1.29 is 4.79 Å². The van der Waals surface area contributed by atoms with Gasteiger partial charge in [0.15, 0.2) is 11.0 Å². The number of thioether (sulfide) groups is 1. The second-order valence-electron chi connectivity index (χ2n) is 9.88. The first-order valence-corrected chi connectivity index (χ1v) is 13.5. The maximum absolute atomic E-state index is 12.8. The van der Waals surface area contributed by atoms with Crippen LogP contribution in [0, 0.1) is 29.6 Å². The van der Waals surface area contributed by atoms with Crippen LogP contribution < -0.4 is 5.32 Å². The molecule has 3 aromatic rings. The quantitative estimate of drug-likeness (QED) is 0.420. The summed E-state index contributed by atoms with van der Waals surface area (Å²) in [6.45, 7) is 11.7. The van der Waals surface area contributed by atoms with E-state index in [1.807, 2.05) is 23.6 Å². The van der Waals surface area contributed by atoms with E-state index in [9.17, 15) is 10.1 Å². The van der Waals surface area contributed by atoms with Crippen molar-refractivity contribution in [2.24, 2.45) is 11.3 Å². The molecule has 178 valence electrons. The van der Waals surface area contributed by atoms with Gasteiger partial charge in [0.05, 0.1) is 11.3 Å². The van der Waals surface area contributed by atoms with E-state index in [0.29, 0.717) is 28.2 Å². The number of rotatable bonds is 6. The molecule has 34 heavy (non-hydrogen) atoms. The highest BCUT2D eigenvalue weighted by molar-refractivity contribution is 7.99. The molecule has 2 aromatic heterocycles. The fraction of sp³-hybridized carbons (Fsp3) is 0.462. The average molecular weight is 494 g/mol. The average Bonchev–Trinajstić information content (AvgIpc) is 3.37. The Labute approximate surface area is 209 Å². The molecule has 1 aromatic carbocycles. The molecule has 0 saturated heterocycles. The number of nitrogens with zero attached hydrogens (tertiary/aromatic N) is 4. The Kier molecular flexibility index (Phi) is 7.15. The maximum Gasteiger partial charge on any atom is 0.235 e. The van der Waals surface area contributed by atoms with E-state index in [2.05, 4.69) is 61.4 Å². The van der Waals surface area contributed by atoms with Crippen molar-refractivity contribution in [3.05, 3.63) is 45.8 Å². The predicted molar refractivity (Wildman–Crippen MR) is 139 cm³/mol. The number of nitriles is 1. The van der Waals surface area contributed by atoms with Crippen LogP contribution in [0.3, 0.4) is 0 Å². The summed E-state index contributed by atoms with van der Waals surface area (Å²) in [5.41, 5.74) is 4.21. The summed E-state index contributed by atoms with van der Waals surface area (Å²) in [5, 5.41) is 22.9.